The number of likely N-dealkylation sites (tertiary alicyclic amines) is 1. The van der Waals surface area contributed by atoms with Crippen LogP contribution in [0.5, 0.6) is 0 Å². The van der Waals surface area contributed by atoms with Crippen molar-refractivity contribution in [3.05, 3.63) is 0 Å². The van der Waals surface area contributed by atoms with Crippen molar-refractivity contribution in [2.75, 3.05) is 13.6 Å². The van der Waals surface area contributed by atoms with E-state index in [4.69, 9.17) is 0 Å². The van der Waals surface area contributed by atoms with Crippen molar-refractivity contribution in [2.45, 2.75) is 51.1 Å². The van der Waals surface area contributed by atoms with Gasteiger partial charge in [0.25, 0.3) is 0 Å². The largest absolute Gasteiger partial charge is 0.338 e. The highest BCUT2D eigenvalue weighted by Gasteiger charge is 2.35. The molecule has 1 N–H and O–H groups in total. The summed E-state index contributed by atoms with van der Waals surface area (Å²) in [4.78, 5) is 14.2. The van der Waals surface area contributed by atoms with Crippen LogP contribution in [0.3, 0.4) is 0 Å². The zero-order valence-corrected chi connectivity index (χ0v) is 9.83. The Morgan fingerprint density at radius 3 is 2.60 bits per heavy atom. The van der Waals surface area contributed by atoms with Crippen LogP contribution in [-0.2, 0) is 4.79 Å². The third-order valence-corrected chi connectivity index (χ3v) is 4.15. The van der Waals surface area contributed by atoms with E-state index in [0.29, 0.717) is 11.9 Å². The number of piperidine rings is 1. The summed E-state index contributed by atoms with van der Waals surface area (Å²) in [6.45, 7) is 3.19. The summed E-state index contributed by atoms with van der Waals surface area (Å²) >= 11 is 0. The van der Waals surface area contributed by atoms with Crippen LogP contribution in [0.1, 0.15) is 39.0 Å². The van der Waals surface area contributed by atoms with Gasteiger partial charge in [-0.05, 0) is 45.6 Å². The molecule has 0 aromatic rings. The van der Waals surface area contributed by atoms with Gasteiger partial charge in [-0.3, -0.25) is 4.79 Å². The number of amides is 1. The van der Waals surface area contributed by atoms with Crippen molar-refractivity contribution in [2.24, 2.45) is 5.92 Å². The molecule has 2 fully saturated rings. The van der Waals surface area contributed by atoms with Crippen LogP contribution in [0.2, 0.25) is 0 Å². The lowest BCUT2D eigenvalue weighted by molar-refractivity contribution is -0.140. The average Bonchev–Trinajstić information content (AvgIpc) is 2.15. The summed E-state index contributed by atoms with van der Waals surface area (Å²) < 4.78 is 0. The summed E-state index contributed by atoms with van der Waals surface area (Å²) in [6, 6.07) is 0.531. The lowest BCUT2D eigenvalue weighted by Crippen LogP contribution is -2.55. The van der Waals surface area contributed by atoms with E-state index in [2.05, 4.69) is 17.1 Å². The van der Waals surface area contributed by atoms with E-state index in [1.54, 1.807) is 0 Å². The van der Waals surface area contributed by atoms with Gasteiger partial charge in [-0.15, -0.1) is 0 Å². The van der Waals surface area contributed by atoms with Crippen LogP contribution < -0.4 is 5.32 Å². The summed E-state index contributed by atoms with van der Waals surface area (Å²) in [7, 11) is 1.89. The quantitative estimate of drug-likeness (QED) is 0.763. The molecule has 86 valence electrons. The fraction of sp³-hybridized carbons (Fsp3) is 0.917. The molecular formula is C12H22N2O. The van der Waals surface area contributed by atoms with Crippen molar-refractivity contribution in [3.8, 4) is 0 Å². The first-order chi connectivity index (χ1) is 7.24. The molecular weight excluding hydrogens is 188 g/mol. The number of rotatable bonds is 3. The molecule has 1 heterocycles. The monoisotopic (exact) mass is 210 g/mol. The average molecular weight is 210 g/mol. The lowest BCUT2D eigenvalue weighted by atomic mass is 9.79. The van der Waals surface area contributed by atoms with Crippen molar-refractivity contribution in [1.29, 1.82) is 0 Å². The fourth-order valence-corrected chi connectivity index (χ4v) is 2.75. The van der Waals surface area contributed by atoms with E-state index in [-0.39, 0.29) is 6.04 Å². The SMILES string of the molecule is CNC1CCCN(C(C)C2CCC2)C1=O. The van der Waals surface area contributed by atoms with E-state index in [1.807, 2.05) is 7.05 Å². The van der Waals surface area contributed by atoms with Gasteiger partial charge >= 0.3 is 0 Å². The highest BCUT2D eigenvalue weighted by molar-refractivity contribution is 5.82. The van der Waals surface area contributed by atoms with Gasteiger partial charge in [-0.25, -0.2) is 0 Å². The van der Waals surface area contributed by atoms with Crippen molar-refractivity contribution < 1.29 is 4.79 Å². The normalized spacial score (nSPS) is 30.1. The highest BCUT2D eigenvalue weighted by Crippen LogP contribution is 2.33. The minimum atomic E-state index is 0.0706. The molecule has 0 spiro atoms. The molecule has 1 aliphatic carbocycles. The zero-order valence-electron chi connectivity index (χ0n) is 9.83. The van der Waals surface area contributed by atoms with Crippen LogP contribution >= 0.6 is 0 Å². The maximum atomic E-state index is 12.1. The number of nitrogens with zero attached hydrogens (tertiary/aromatic N) is 1. The Hall–Kier alpha value is -0.570. The maximum absolute atomic E-state index is 12.1. The summed E-state index contributed by atoms with van der Waals surface area (Å²) in [5.41, 5.74) is 0. The van der Waals surface area contributed by atoms with Crippen LogP contribution in [0.15, 0.2) is 0 Å². The molecule has 0 aromatic heterocycles. The van der Waals surface area contributed by atoms with Gasteiger partial charge in [0.2, 0.25) is 5.91 Å². The second kappa shape index (κ2) is 4.52. The Morgan fingerprint density at radius 1 is 1.33 bits per heavy atom. The van der Waals surface area contributed by atoms with Crippen LogP contribution in [0.4, 0.5) is 0 Å². The minimum absolute atomic E-state index is 0.0706. The zero-order chi connectivity index (χ0) is 10.8. The number of carbonyl (C=O) groups is 1. The molecule has 0 aromatic carbocycles. The summed E-state index contributed by atoms with van der Waals surface area (Å²) in [5, 5.41) is 3.12. The molecule has 2 aliphatic rings. The van der Waals surface area contributed by atoms with E-state index < -0.39 is 0 Å². The van der Waals surface area contributed by atoms with Gasteiger partial charge in [0.05, 0.1) is 6.04 Å². The highest BCUT2D eigenvalue weighted by atomic mass is 16.2. The van der Waals surface area contributed by atoms with Crippen molar-refractivity contribution >= 4 is 5.91 Å². The number of hydrogen-bond donors (Lipinski definition) is 1. The first-order valence-corrected chi connectivity index (χ1v) is 6.21. The van der Waals surface area contributed by atoms with Crippen LogP contribution in [-0.4, -0.2) is 36.5 Å². The van der Waals surface area contributed by atoms with Gasteiger partial charge in [0.15, 0.2) is 0 Å². The van der Waals surface area contributed by atoms with Gasteiger partial charge in [-0.2, -0.15) is 0 Å². The summed E-state index contributed by atoms with van der Waals surface area (Å²) in [6.07, 6.45) is 6.13. The Labute approximate surface area is 92.2 Å². The third kappa shape index (κ3) is 2.03. The van der Waals surface area contributed by atoms with Crippen molar-refractivity contribution in [3.63, 3.8) is 0 Å². The lowest BCUT2D eigenvalue weighted by Gasteiger charge is -2.42. The van der Waals surface area contributed by atoms with E-state index >= 15 is 0 Å². The predicted molar refractivity (Wildman–Crippen MR) is 60.6 cm³/mol. The first kappa shape index (κ1) is 10.9. The Morgan fingerprint density at radius 2 is 2.07 bits per heavy atom. The van der Waals surface area contributed by atoms with Gasteiger partial charge < -0.3 is 10.2 Å². The molecule has 2 unspecified atom stereocenters. The third-order valence-electron chi connectivity index (χ3n) is 4.15. The maximum Gasteiger partial charge on any atom is 0.239 e. The number of nitrogens with one attached hydrogen (secondary N) is 1. The Bertz CT molecular complexity index is 238. The topological polar surface area (TPSA) is 32.3 Å². The van der Waals surface area contributed by atoms with Crippen molar-refractivity contribution in [1.82, 2.24) is 10.2 Å². The molecule has 3 heteroatoms. The molecule has 1 amide bonds. The molecule has 15 heavy (non-hydrogen) atoms. The minimum Gasteiger partial charge on any atom is -0.338 e. The predicted octanol–water partition coefficient (Wildman–Crippen LogP) is 1.39. The number of hydrogen-bond acceptors (Lipinski definition) is 2. The molecule has 2 rings (SSSR count). The molecule has 0 bridgehead atoms. The first-order valence-electron chi connectivity index (χ1n) is 6.21. The Kier molecular flexibility index (Phi) is 3.29. The smallest absolute Gasteiger partial charge is 0.239 e. The standard InChI is InChI=1S/C12H22N2O/c1-9(10-5-3-6-10)14-8-4-7-11(13-2)12(14)15/h9-11,13H,3-8H2,1-2H3. The fourth-order valence-electron chi connectivity index (χ4n) is 2.75. The molecule has 1 saturated heterocycles. The van der Waals surface area contributed by atoms with E-state index in [1.165, 1.54) is 19.3 Å². The van der Waals surface area contributed by atoms with Crippen LogP contribution in [0, 0.1) is 5.92 Å². The summed E-state index contributed by atoms with van der Waals surface area (Å²) in [5.74, 6) is 1.09. The molecule has 1 aliphatic heterocycles. The van der Waals surface area contributed by atoms with E-state index in [0.717, 1.165) is 25.3 Å². The van der Waals surface area contributed by atoms with Gasteiger partial charge in [0.1, 0.15) is 0 Å². The second-order valence-electron chi connectivity index (χ2n) is 4.95. The van der Waals surface area contributed by atoms with E-state index in [9.17, 15) is 4.79 Å². The molecule has 2 atom stereocenters. The van der Waals surface area contributed by atoms with Gasteiger partial charge in [-0.1, -0.05) is 6.42 Å². The van der Waals surface area contributed by atoms with Crippen LogP contribution in [0.25, 0.3) is 0 Å². The number of carbonyl (C=O) groups excluding carboxylic acids is 1. The second-order valence-corrected chi connectivity index (χ2v) is 4.95. The van der Waals surface area contributed by atoms with Gasteiger partial charge in [0, 0.05) is 12.6 Å². The Balaban J connectivity index is 1.97. The molecule has 1 saturated carbocycles. The molecule has 3 nitrogen and oxygen atoms in total. The molecule has 0 radical (unpaired) electrons. The number of likely N-dealkylation sites (N-methyl/N-ethyl adjacent to an activating group) is 1.